The molecule has 0 aliphatic carbocycles. The van der Waals surface area contributed by atoms with E-state index in [1.165, 1.54) is 0 Å². The molecule has 1 heteroatoms. The van der Waals surface area contributed by atoms with E-state index in [1.54, 1.807) is 0 Å². The van der Waals surface area contributed by atoms with Crippen molar-refractivity contribution in [1.29, 1.82) is 0 Å². The van der Waals surface area contributed by atoms with Crippen LogP contribution in [-0.2, 0) is 11.3 Å². The van der Waals surface area contributed by atoms with Crippen molar-refractivity contribution in [1.82, 2.24) is 0 Å². The molecule has 1 aromatic rings. The Morgan fingerprint density at radius 2 is 1.50 bits per heavy atom. The first-order chi connectivity index (χ1) is 9.59. The van der Waals surface area contributed by atoms with Crippen molar-refractivity contribution in [3.63, 3.8) is 0 Å². The Labute approximate surface area is 125 Å². The number of ether oxygens (including phenoxy) is 1. The lowest BCUT2D eigenvalue weighted by molar-refractivity contribution is 0.212. The van der Waals surface area contributed by atoms with E-state index in [0.29, 0.717) is 12.4 Å². The van der Waals surface area contributed by atoms with Gasteiger partial charge in [-0.25, -0.2) is 0 Å². The topological polar surface area (TPSA) is 9.23 Å². The Morgan fingerprint density at radius 1 is 1.00 bits per heavy atom. The molecular formula is C19H30O. The second kappa shape index (κ2) is 13.7. The molecule has 0 spiro atoms. The van der Waals surface area contributed by atoms with Crippen LogP contribution in [-0.4, -0.2) is 0 Å². The molecule has 0 aliphatic rings. The van der Waals surface area contributed by atoms with Crippen LogP contribution in [0.4, 0.5) is 0 Å². The van der Waals surface area contributed by atoms with Gasteiger partial charge in [-0.15, -0.1) is 0 Å². The summed E-state index contributed by atoms with van der Waals surface area (Å²) < 4.78 is 5.54. The largest absolute Gasteiger partial charge is 0.490 e. The van der Waals surface area contributed by atoms with Crippen molar-refractivity contribution in [2.45, 2.75) is 48.1 Å². The molecule has 0 aliphatic heterocycles. The van der Waals surface area contributed by atoms with E-state index in [-0.39, 0.29) is 0 Å². The molecule has 112 valence electrons. The van der Waals surface area contributed by atoms with E-state index < -0.39 is 0 Å². The fourth-order valence-electron chi connectivity index (χ4n) is 1.16. The summed E-state index contributed by atoms with van der Waals surface area (Å²) in [6.45, 7) is 20.2. The predicted octanol–water partition coefficient (Wildman–Crippen LogP) is 6.29. The molecular weight excluding hydrogens is 244 g/mol. The number of hydrogen-bond donors (Lipinski definition) is 0. The molecule has 0 heterocycles. The highest BCUT2D eigenvalue weighted by Gasteiger charge is 1.95. The normalized spacial score (nSPS) is 9.40. The summed E-state index contributed by atoms with van der Waals surface area (Å²) in [7, 11) is 0. The van der Waals surface area contributed by atoms with Crippen LogP contribution in [0.3, 0.4) is 0 Å². The van der Waals surface area contributed by atoms with Crippen molar-refractivity contribution in [2.75, 3.05) is 0 Å². The standard InChI is InChI=1S/C15H18O.2C2H6/c1-12(2)13(3)10-14(4)16-11-15-8-6-5-7-9-15;2*1-2/h5-10H,1,4,11H2,2-3H3;2*1-2H3/b13-10-;;. The van der Waals surface area contributed by atoms with Gasteiger partial charge in [0.15, 0.2) is 0 Å². The maximum absolute atomic E-state index is 5.54. The Kier molecular flexibility index (Phi) is 14.0. The van der Waals surface area contributed by atoms with E-state index in [1.807, 2.05) is 78.0 Å². The quantitative estimate of drug-likeness (QED) is 0.453. The van der Waals surface area contributed by atoms with Gasteiger partial charge in [0, 0.05) is 0 Å². The summed E-state index contributed by atoms with van der Waals surface area (Å²) >= 11 is 0. The fraction of sp³-hybridized carbons (Fsp3) is 0.368. The highest BCUT2D eigenvalue weighted by atomic mass is 16.5. The van der Waals surface area contributed by atoms with Crippen LogP contribution in [0.15, 0.2) is 66.5 Å². The molecule has 0 unspecified atom stereocenters. The Hall–Kier alpha value is -1.76. The fourth-order valence-corrected chi connectivity index (χ4v) is 1.16. The molecule has 20 heavy (non-hydrogen) atoms. The van der Waals surface area contributed by atoms with Crippen LogP contribution in [0.5, 0.6) is 0 Å². The number of rotatable bonds is 5. The monoisotopic (exact) mass is 274 g/mol. The molecule has 0 aromatic heterocycles. The zero-order chi connectivity index (χ0) is 16.0. The van der Waals surface area contributed by atoms with Crippen LogP contribution in [0.1, 0.15) is 47.1 Å². The maximum Gasteiger partial charge on any atom is 0.113 e. The molecule has 0 N–H and O–H groups in total. The van der Waals surface area contributed by atoms with Gasteiger partial charge in [-0.3, -0.25) is 0 Å². The average molecular weight is 274 g/mol. The van der Waals surface area contributed by atoms with Crippen LogP contribution in [0.2, 0.25) is 0 Å². The summed E-state index contributed by atoms with van der Waals surface area (Å²) in [5, 5.41) is 0. The van der Waals surface area contributed by atoms with Crippen LogP contribution < -0.4 is 0 Å². The molecule has 0 atom stereocenters. The van der Waals surface area contributed by atoms with Gasteiger partial charge >= 0.3 is 0 Å². The van der Waals surface area contributed by atoms with Gasteiger partial charge in [-0.05, 0) is 31.1 Å². The first-order valence-electron chi connectivity index (χ1n) is 7.29. The third-order valence-electron chi connectivity index (χ3n) is 2.32. The van der Waals surface area contributed by atoms with Gasteiger partial charge in [0.1, 0.15) is 12.4 Å². The van der Waals surface area contributed by atoms with Crippen molar-refractivity contribution in [2.24, 2.45) is 0 Å². The molecule has 0 radical (unpaired) electrons. The minimum atomic E-state index is 0.555. The summed E-state index contributed by atoms with van der Waals surface area (Å²) in [6, 6.07) is 10.0. The van der Waals surface area contributed by atoms with Crippen molar-refractivity contribution in [3.05, 3.63) is 72.0 Å². The molecule has 1 rings (SSSR count). The van der Waals surface area contributed by atoms with Gasteiger partial charge in [0.25, 0.3) is 0 Å². The molecule has 0 saturated heterocycles. The van der Waals surface area contributed by atoms with Crippen molar-refractivity contribution >= 4 is 0 Å². The zero-order valence-electron chi connectivity index (χ0n) is 14.0. The molecule has 0 bridgehead atoms. The average Bonchev–Trinajstić information content (AvgIpc) is 2.50. The first kappa shape index (κ1) is 20.6. The van der Waals surface area contributed by atoms with Crippen LogP contribution in [0, 0.1) is 0 Å². The summed E-state index contributed by atoms with van der Waals surface area (Å²) in [4.78, 5) is 0. The predicted molar refractivity (Wildman–Crippen MR) is 91.6 cm³/mol. The minimum Gasteiger partial charge on any atom is -0.490 e. The lowest BCUT2D eigenvalue weighted by atomic mass is 10.1. The lowest BCUT2D eigenvalue weighted by Gasteiger charge is -2.07. The molecule has 1 aromatic carbocycles. The summed E-state index contributed by atoms with van der Waals surface area (Å²) in [5.41, 5.74) is 3.27. The smallest absolute Gasteiger partial charge is 0.113 e. The van der Waals surface area contributed by atoms with E-state index in [9.17, 15) is 0 Å². The van der Waals surface area contributed by atoms with Gasteiger partial charge < -0.3 is 4.74 Å². The minimum absolute atomic E-state index is 0.555. The third-order valence-corrected chi connectivity index (χ3v) is 2.32. The third kappa shape index (κ3) is 10.2. The second-order valence-electron chi connectivity index (χ2n) is 3.85. The van der Waals surface area contributed by atoms with E-state index in [2.05, 4.69) is 13.2 Å². The van der Waals surface area contributed by atoms with E-state index in [0.717, 1.165) is 16.7 Å². The number of allylic oxidation sites excluding steroid dienone is 3. The van der Waals surface area contributed by atoms with Crippen molar-refractivity contribution in [3.8, 4) is 0 Å². The van der Waals surface area contributed by atoms with E-state index in [4.69, 9.17) is 4.74 Å². The Bertz CT molecular complexity index is 399. The molecule has 0 fully saturated rings. The van der Waals surface area contributed by atoms with Gasteiger partial charge in [0.05, 0.1) is 0 Å². The molecule has 0 saturated carbocycles. The lowest BCUT2D eigenvalue weighted by Crippen LogP contribution is -1.91. The zero-order valence-corrected chi connectivity index (χ0v) is 14.0. The second-order valence-corrected chi connectivity index (χ2v) is 3.85. The van der Waals surface area contributed by atoms with Gasteiger partial charge in [-0.2, -0.15) is 0 Å². The number of benzene rings is 1. The Balaban J connectivity index is 0. The van der Waals surface area contributed by atoms with Gasteiger partial charge in [-0.1, -0.05) is 76.8 Å². The van der Waals surface area contributed by atoms with Crippen LogP contribution >= 0.6 is 0 Å². The van der Waals surface area contributed by atoms with E-state index >= 15 is 0 Å². The highest BCUT2D eigenvalue weighted by molar-refractivity contribution is 5.29. The van der Waals surface area contributed by atoms with Gasteiger partial charge in [0.2, 0.25) is 0 Å². The van der Waals surface area contributed by atoms with Crippen molar-refractivity contribution < 1.29 is 4.74 Å². The maximum atomic E-state index is 5.54. The SMILES string of the molecule is C=C(/C=C(/C)C(=C)C)OCc1ccccc1.CC.CC. The summed E-state index contributed by atoms with van der Waals surface area (Å²) in [5.74, 6) is 0.671. The molecule has 0 amide bonds. The number of hydrogen-bond acceptors (Lipinski definition) is 1. The molecule has 1 nitrogen and oxygen atoms in total. The van der Waals surface area contributed by atoms with Crippen LogP contribution in [0.25, 0.3) is 0 Å². The highest BCUT2D eigenvalue weighted by Crippen LogP contribution is 2.11. The first-order valence-corrected chi connectivity index (χ1v) is 7.29. The Morgan fingerprint density at radius 3 is 1.95 bits per heavy atom. The summed E-state index contributed by atoms with van der Waals surface area (Å²) in [6.07, 6.45) is 1.91.